The fraction of sp³-hybridized carbons (Fsp3) is 1.00. The summed E-state index contributed by atoms with van der Waals surface area (Å²) in [6.45, 7) is 6.08. The molecule has 2 aliphatic rings. The predicted octanol–water partition coefficient (Wildman–Crippen LogP) is 1.41. The zero-order valence-corrected chi connectivity index (χ0v) is 10.4. The Morgan fingerprint density at radius 2 is 2.19 bits per heavy atom. The number of hydrogen-bond acceptors (Lipinski definition) is 3. The van der Waals surface area contributed by atoms with Gasteiger partial charge < -0.3 is 15.2 Å². The Bertz CT molecular complexity index is 210. The third kappa shape index (κ3) is 2.96. The molecule has 16 heavy (non-hydrogen) atoms. The minimum Gasteiger partial charge on any atom is -0.396 e. The molecule has 0 aromatic carbocycles. The van der Waals surface area contributed by atoms with E-state index in [0.29, 0.717) is 0 Å². The van der Waals surface area contributed by atoms with Gasteiger partial charge in [0.25, 0.3) is 0 Å². The minimum absolute atomic E-state index is 0.0281. The highest BCUT2D eigenvalue weighted by molar-refractivity contribution is 4.87. The van der Waals surface area contributed by atoms with Crippen molar-refractivity contribution < 1.29 is 9.84 Å². The Kier molecular flexibility index (Phi) is 4.22. The molecule has 3 nitrogen and oxygen atoms in total. The summed E-state index contributed by atoms with van der Waals surface area (Å²) in [6.07, 6.45) is 5.54. The van der Waals surface area contributed by atoms with Crippen LogP contribution in [0.15, 0.2) is 0 Å². The first-order valence-electron chi connectivity index (χ1n) is 6.63. The van der Waals surface area contributed by atoms with Crippen molar-refractivity contribution in [3.63, 3.8) is 0 Å². The van der Waals surface area contributed by atoms with E-state index in [1.807, 2.05) is 0 Å². The Morgan fingerprint density at radius 1 is 1.38 bits per heavy atom. The molecule has 0 amide bonds. The highest BCUT2D eigenvalue weighted by Crippen LogP contribution is 2.29. The molecule has 0 spiro atoms. The lowest BCUT2D eigenvalue weighted by Gasteiger charge is -2.40. The summed E-state index contributed by atoms with van der Waals surface area (Å²) >= 11 is 0. The summed E-state index contributed by atoms with van der Waals surface area (Å²) in [5.74, 6) is 1.75. The van der Waals surface area contributed by atoms with Crippen LogP contribution in [-0.2, 0) is 4.74 Å². The average molecular weight is 227 g/mol. The molecule has 1 aliphatic heterocycles. The number of nitrogens with one attached hydrogen (secondary N) is 1. The van der Waals surface area contributed by atoms with Crippen LogP contribution >= 0.6 is 0 Å². The molecule has 0 aromatic rings. The van der Waals surface area contributed by atoms with E-state index in [1.165, 1.54) is 25.7 Å². The maximum Gasteiger partial charge on any atom is 0.0579 e. The lowest BCUT2D eigenvalue weighted by Crippen LogP contribution is -2.52. The average Bonchev–Trinajstić information content (AvgIpc) is 2.22. The van der Waals surface area contributed by atoms with Crippen molar-refractivity contribution >= 4 is 0 Å². The molecule has 0 radical (unpaired) electrons. The van der Waals surface area contributed by atoms with E-state index >= 15 is 0 Å². The zero-order valence-electron chi connectivity index (χ0n) is 10.4. The summed E-state index contributed by atoms with van der Waals surface area (Å²) in [6, 6.07) is 0. The lowest BCUT2D eigenvalue weighted by molar-refractivity contribution is -0.134. The van der Waals surface area contributed by atoms with Gasteiger partial charge >= 0.3 is 0 Å². The third-order valence-corrected chi connectivity index (χ3v) is 4.13. The van der Waals surface area contributed by atoms with Gasteiger partial charge in [-0.3, -0.25) is 0 Å². The van der Waals surface area contributed by atoms with E-state index < -0.39 is 0 Å². The van der Waals surface area contributed by atoms with E-state index in [1.54, 1.807) is 0 Å². The van der Waals surface area contributed by atoms with Crippen LogP contribution in [0.2, 0.25) is 0 Å². The molecule has 1 saturated heterocycles. The SMILES string of the molecule is CC1CCCC(CNCC2(CO)COC2)C1. The van der Waals surface area contributed by atoms with E-state index in [0.717, 1.165) is 38.1 Å². The van der Waals surface area contributed by atoms with Gasteiger partial charge in [0, 0.05) is 6.54 Å². The van der Waals surface area contributed by atoms with Crippen molar-refractivity contribution in [2.75, 3.05) is 32.9 Å². The van der Waals surface area contributed by atoms with Crippen molar-refractivity contribution in [2.24, 2.45) is 17.3 Å². The second-order valence-electron chi connectivity index (χ2n) is 5.92. The molecular weight excluding hydrogens is 202 g/mol. The fourth-order valence-electron chi connectivity index (χ4n) is 2.93. The zero-order chi connectivity index (χ0) is 11.4. The molecule has 2 unspecified atom stereocenters. The maximum atomic E-state index is 9.30. The normalized spacial score (nSPS) is 33.4. The first-order chi connectivity index (χ1) is 7.74. The first-order valence-corrected chi connectivity index (χ1v) is 6.63. The Morgan fingerprint density at radius 3 is 2.75 bits per heavy atom. The molecule has 3 heteroatoms. The maximum absolute atomic E-state index is 9.30. The van der Waals surface area contributed by atoms with Crippen LogP contribution in [0.25, 0.3) is 0 Å². The molecule has 2 rings (SSSR count). The first kappa shape index (κ1) is 12.3. The highest BCUT2D eigenvalue weighted by Gasteiger charge is 2.37. The van der Waals surface area contributed by atoms with Gasteiger partial charge in [-0.05, 0) is 31.2 Å². The summed E-state index contributed by atoms with van der Waals surface area (Å²) in [5.41, 5.74) is 0.0281. The molecule has 2 fully saturated rings. The molecule has 2 atom stereocenters. The summed E-state index contributed by atoms with van der Waals surface area (Å²) in [7, 11) is 0. The van der Waals surface area contributed by atoms with E-state index in [-0.39, 0.29) is 12.0 Å². The van der Waals surface area contributed by atoms with Crippen molar-refractivity contribution in [1.82, 2.24) is 5.32 Å². The Balaban J connectivity index is 1.63. The van der Waals surface area contributed by atoms with Crippen molar-refractivity contribution in [3.8, 4) is 0 Å². The summed E-state index contributed by atoms with van der Waals surface area (Å²) in [4.78, 5) is 0. The molecule has 1 heterocycles. The number of aliphatic hydroxyl groups excluding tert-OH is 1. The van der Waals surface area contributed by atoms with Gasteiger partial charge in [-0.25, -0.2) is 0 Å². The van der Waals surface area contributed by atoms with Gasteiger partial charge in [-0.1, -0.05) is 19.8 Å². The molecule has 0 bridgehead atoms. The van der Waals surface area contributed by atoms with Crippen LogP contribution in [-0.4, -0.2) is 38.0 Å². The van der Waals surface area contributed by atoms with Crippen LogP contribution in [0, 0.1) is 17.3 Å². The second-order valence-corrected chi connectivity index (χ2v) is 5.92. The molecule has 1 saturated carbocycles. The topological polar surface area (TPSA) is 41.5 Å². The van der Waals surface area contributed by atoms with Crippen LogP contribution in [0.1, 0.15) is 32.6 Å². The fourth-order valence-corrected chi connectivity index (χ4v) is 2.93. The van der Waals surface area contributed by atoms with Gasteiger partial charge in [0.05, 0.1) is 25.2 Å². The van der Waals surface area contributed by atoms with Gasteiger partial charge in [-0.2, -0.15) is 0 Å². The van der Waals surface area contributed by atoms with Crippen LogP contribution in [0.4, 0.5) is 0 Å². The number of aliphatic hydroxyl groups is 1. The molecule has 1 aliphatic carbocycles. The van der Waals surface area contributed by atoms with Gasteiger partial charge in [-0.15, -0.1) is 0 Å². The van der Waals surface area contributed by atoms with Gasteiger partial charge in [0.15, 0.2) is 0 Å². The number of ether oxygens (including phenoxy) is 1. The summed E-state index contributed by atoms with van der Waals surface area (Å²) < 4.78 is 5.19. The van der Waals surface area contributed by atoms with E-state index in [4.69, 9.17) is 4.74 Å². The second kappa shape index (κ2) is 5.48. The quantitative estimate of drug-likeness (QED) is 0.746. The van der Waals surface area contributed by atoms with Crippen molar-refractivity contribution in [2.45, 2.75) is 32.6 Å². The Hall–Kier alpha value is -0.120. The third-order valence-electron chi connectivity index (χ3n) is 4.13. The number of hydrogen-bond donors (Lipinski definition) is 2. The summed E-state index contributed by atoms with van der Waals surface area (Å²) in [5, 5.41) is 12.8. The van der Waals surface area contributed by atoms with Crippen LogP contribution in [0.3, 0.4) is 0 Å². The number of rotatable bonds is 5. The monoisotopic (exact) mass is 227 g/mol. The van der Waals surface area contributed by atoms with E-state index in [2.05, 4.69) is 12.2 Å². The van der Waals surface area contributed by atoms with Gasteiger partial charge in [0.2, 0.25) is 0 Å². The standard InChI is InChI=1S/C13H25NO2/c1-11-3-2-4-12(5-11)6-14-7-13(8-15)9-16-10-13/h11-12,14-15H,2-10H2,1H3. The van der Waals surface area contributed by atoms with Crippen LogP contribution in [0.5, 0.6) is 0 Å². The highest BCUT2D eigenvalue weighted by atomic mass is 16.5. The molecule has 2 N–H and O–H groups in total. The van der Waals surface area contributed by atoms with Crippen LogP contribution < -0.4 is 5.32 Å². The minimum atomic E-state index is 0.0281. The molecular formula is C13H25NO2. The molecule has 94 valence electrons. The smallest absolute Gasteiger partial charge is 0.0579 e. The van der Waals surface area contributed by atoms with E-state index in [9.17, 15) is 5.11 Å². The van der Waals surface area contributed by atoms with Gasteiger partial charge in [0.1, 0.15) is 0 Å². The van der Waals surface area contributed by atoms with Crippen molar-refractivity contribution in [1.29, 1.82) is 0 Å². The van der Waals surface area contributed by atoms with Crippen molar-refractivity contribution in [3.05, 3.63) is 0 Å². The molecule has 0 aromatic heterocycles. The predicted molar refractivity (Wildman–Crippen MR) is 64.3 cm³/mol. The Labute approximate surface area is 98.6 Å². The lowest BCUT2D eigenvalue weighted by atomic mass is 9.82. The largest absolute Gasteiger partial charge is 0.396 e.